The number of unbranched alkanes of at least 4 members (excludes halogenated alkanes) is 36. The molecule has 1 amide bonds. The van der Waals surface area contributed by atoms with Gasteiger partial charge in [0.25, 0.3) is 0 Å². The lowest BCUT2D eigenvalue weighted by atomic mass is 9.96. The van der Waals surface area contributed by atoms with Crippen molar-refractivity contribution >= 4 is 5.91 Å². The van der Waals surface area contributed by atoms with Gasteiger partial charge in [-0.15, -0.1) is 0 Å². The third kappa shape index (κ3) is 46.5. The van der Waals surface area contributed by atoms with Crippen LogP contribution >= 0.6 is 0 Å². The van der Waals surface area contributed by atoms with E-state index in [9.17, 15) is 61.0 Å². The van der Waals surface area contributed by atoms with E-state index in [4.69, 9.17) is 28.4 Å². The summed E-state index contributed by atoms with van der Waals surface area (Å²) in [6, 6.07) is -0.894. The second-order valence-corrected chi connectivity index (χ2v) is 30.3. The maximum atomic E-state index is 13.5. The van der Waals surface area contributed by atoms with Crippen LogP contribution in [0.2, 0.25) is 0 Å². The van der Waals surface area contributed by atoms with Gasteiger partial charge in [0.1, 0.15) is 73.2 Å². The maximum Gasteiger partial charge on any atom is 0.220 e. The zero-order valence-corrected chi connectivity index (χ0v) is 66.6. The van der Waals surface area contributed by atoms with Gasteiger partial charge in [-0.3, -0.25) is 4.79 Å². The van der Waals surface area contributed by atoms with E-state index >= 15 is 0 Å². The number of hydrogen-bond acceptors (Lipinski definition) is 18. The van der Waals surface area contributed by atoms with E-state index in [-0.39, 0.29) is 18.9 Å². The maximum absolute atomic E-state index is 13.5. The van der Waals surface area contributed by atoms with Gasteiger partial charge >= 0.3 is 0 Å². The molecule has 3 heterocycles. The molecular formula is C88H155NO18. The molecule has 3 rings (SSSR count). The number of allylic oxidation sites excluding steroid dienone is 16. The molecule has 0 saturated carbocycles. The Morgan fingerprint density at radius 2 is 0.645 bits per heavy atom. The largest absolute Gasteiger partial charge is 0.394 e. The average Bonchev–Trinajstić information content (AvgIpc) is 0.781. The van der Waals surface area contributed by atoms with Gasteiger partial charge in [0.2, 0.25) is 5.91 Å². The molecule has 12 N–H and O–H groups in total. The first-order valence-corrected chi connectivity index (χ1v) is 43.0. The van der Waals surface area contributed by atoms with Gasteiger partial charge in [0.15, 0.2) is 18.9 Å². The Labute approximate surface area is 647 Å². The predicted octanol–water partition coefficient (Wildman–Crippen LogP) is 15.5. The SMILES string of the molecule is CC/C=C\C/C=C\C/C=C\C/C=C\C/C=C\C/C=C\C/C=C\C/C=C\CCCCCCCCCCCCCCCCC(=O)NC(COC1OC(CO)C(OC2OC(CO)C(OC3OC(CO)C(O)C(O)C3O)C(O)C2O)C(O)C1O)C(O)CCCCCCCCCCCCCCCCCCCCCCCCC. The minimum Gasteiger partial charge on any atom is -0.394 e. The van der Waals surface area contributed by atoms with E-state index in [2.05, 4.69) is 116 Å². The summed E-state index contributed by atoms with van der Waals surface area (Å²) >= 11 is 0. The predicted molar refractivity (Wildman–Crippen MR) is 429 cm³/mol. The highest BCUT2D eigenvalue weighted by atomic mass is 16.8. The molecule has 3 saturated heterocycles. The minimum absolute atomic E-state index is 0.242. The van der Waals surface area contributed by atoms with E-state index in [1.54, 1.807) is 0 Å². The highest BCUT2D eigenvalue weighted by Crippen LogP contribution is 2.33. The van der Waals surface area contributed by atoms with Crippen molar-refractivity contribution in [1.29, 1.82) is 0 Å². The molecule has 19 nitrogen and oxygen atoms in total. The molecule has 0 aromatic carbocycles. The molecule has 0 aromatic rings. The topological polar surface area (TPSA) is 307 Å². The molecule has 0 aromatic heterocycles. The van der Waals surface area contributed by atoms with Crippen LogP contribution in [0.3, 0.4) is 0 Å². The molecule has 107 heavy (non-hydrogen) atoms. The fourth-order valence-electron chi connectivity index (χ4n) is 14.1. The van der Waals surface area contributed by atoms with Crippen LogP contribution in [-0.2, 0) is 33.2 Å². The van der Waals surface area contributed by atoms with Gasteiger partial charge in [-0.25, -0.2) is 0 Å². The zero-order valence-electron chi connectivity index (χ0n) is 66.6. The normalized spacial score (nSPS) is 26.0. The standard InChI is InChI=1S/C88H155NO18/c1-3-5-7-9-11-13-15-17-19-21-23-25-27-28-29-30-31-32-33-34-35-36-37-38-39-40-41-42-44-46-48-50-52-54-56-58-60-62-64-66-76(94)89-71(72(93)65-63-61-59-57-55-53-51-49-47-45-43-26-24-22-20-18-16-14-12-10-8-6-4-2)70-102-86-82(100)79(97)84(74(68-91)104-86)107-88-83(101)80(98)85(75(69-92)105-88)106-87-81(99)78(96)77(95)73(67-90)103-87/h5,7,11,13,17,19,23,25,28-29,31-32,34-35,37-38,71-75,77-88,90-93,95-101H,3-4,6,8-10,12,14-16,18,20-22,24,26-27,30,33,36,39-70H2,1-2H3,(H,89,94)/b7-5-,13-11-,19-17-,25-23-,29-28-,32-31-,35-34-,38-37-. The number of hydrogen-bond donors (Lipinski definition) is 12. The van der Waals surface area contributed by atoms with Crippen LogP contribution in [0.25, 0.3) is 0 Å². The Balaban J connectivity index is 1.32. The van der Waals surface area contributed by atoms with Crippen molar-refractivity contribution in [2.24, 2.45) is 0 Å². The molecule has 620 valence electrons. The van der Waals surface area contributed by atoms with Gasteiger partial charge in [-0.1, -0.05) is 336 Å². The summed E-state index contributed by atoms with van der Waals surface area (Å²) in [5.74, 6) is -0.242. The smallest absolute Gasteiger partial charge is 0.220 e. The summed E-state index contributed by atoms with van der Waals surface area (Å²) in [5.41, 5.74) is 0. The average molecular weight is 1520 g/mol. The number of aliphatic hydroxyl groups excluding tert-OH is 11. The number of aliphatic hydroxyl groups is 11. The number of carbonyl (C=O) groups excluding carboxylic acids is 1. The lowest BCUT2D eigenvalue weighted by Gasteiger charge is -2.48. The third-order valence-electron chi connectivity index (χ3n) is 20.9. The Hall–Kier alpha value is -3.29. The fourth-order valence-corrected chi connectivity index (χ4v) is 14.1. The lowest BCUT2D eigenvalue weighted by molar-refractivity contribution is -0.379. The molecule has 3 aliphatic rings. The number of amides is 1. The summed E-state index contributed by atoms with van der Waals surface area (Å²) in [5, 5.41) is 121. The van der Waals surface area contributed by atoms with E-state index in [1.807, 2.05) is 0 Å². The first-order chi connectivity index (χ1) is 52.3. The van der Waals surface area contributed by atoms with Crippen LogP contribution in [0.4, 0.5) is 0 Å². The van der Waals surface area contributed by atoms with Crippen LogP contribution in [-0.4, -0.2) is 193 Å². The van der Waals surface area contributed by atoms with Crippen molar-refractivity contribution in [2.45, 2.75) is 426 Å². The summed E-state index contributed by atoms with van der Waals surface area (Å²) in [6.07, 6.45) is 64.9. The van der Waals surface area contributed by atoms with E-state index < -0.39 is 124 Å². The Morgan fingerprint density at radius 1 is 0.346 bits per heavy atom. The highest BCUT2D eigenvalue weighted by Gasteiger charge is 2.54. The van der Waals surface area contributed by atoms with E-state index in [0.717, 1.165) is 103 Å². The monoisotopic (exact) mass is 1510 g/mol. The summed E-state index contributed by atoms with van der Waals surface area (Å²) in [6.45, 7) is 1.72. The van der Waals surface area contributed by atoms with E-state index in [1.165, 1.54) is 186 Å². The van der Waals surface area contributed by atoms with Gasteiger partial charge in [-0.2, -0.15) is 0 Å². The quantitative estimate of drug-likeness (QED) is 0.0199. The fraction of sp³-hybridized carbons (Fsp3) is 0.807. The summed E-state index contributed by atoms with van der Waals surface area (Å²) < 4.78 is 34.6. The van der Waals surface area contributed by atoms with Gasteiger partial charge < -0.3 is 89.9 Å². The van der Waals surface area contributed by atoms with Crippen LogP contribution in [0.1, 0.15) is 322 Å². The molecule has 0 radical (unpaired) electrons. The van der Waals surface area contributed by atoms with Gasteiger partial charge in [0, 0.05) is 6.42 Å². The lowest BCUT2D eigenvalue weighted by Crippen LogP contribution is -2.66. The van der Waals surface area contributed by atoms with Crippen LogP contribution in [0, 0.1) is 0 Å². The number of ether oxygens (including phenoxy) is 6. The molecule has 0 aliphatic carbocycles. The van der Waals surface area contributed by atoms with E-state index in [0.29, 0.717) is 12.8 Å². The van der Waals surface area contributed by atoms with Gasteiger partial charge in [0.05, 0.1) is 38.6 Å². The van der Waals surface area contributed by atoms with Gasteiger partial charge in [-0.05, 0) is 77.0 Å². The molecule has 0 bridgehead atoms. The number of carbonyl (C=O) groups is 1. The van der Waals surface area contributed by atoms with Crippen molar-refractivity contribution in [3.8, 4) is 0 Å². The zero-order chi connectivity index (χ0) is 77.4. The number of nitrogens with one attached hydrogen (secondary N) is 1. The molecule has 17 unspecified atom stereocenters. The van der Waals surface area contributed by atoms with Crippen LogP contribution < -0.4 is 5.32 Å². The molecule has 0 spiro atoms. The van der Waals surface area contributed by atoms with Crippen LogP contribution in [0.5, 0.6) is 0 Å². The van der Waals surface area contributed by atoms with Crippen molar-refractivity contribution in [1.82, 2.24) is 5.32 Å². The molecular weight excluding hydrogens is 1360 g/mol. The van der Waals surface area contributed by atoms with Crippen molar-refractivity contribution < 1.29 is 89.4 Å². The Bertz CT molecular complexity index is 2310. The molecule has 19 heteroatoms. The van der Waals surface area contributed by atoms with Crippen molar-refractivity contribution in [3.63, 3.8) is 0 Å². The Kier molecular flexibility index (Phi) is 61.5. The second kappa shape index (κ2) is 67.2. The van der Waals surface area contributed by atoms with Crippen LogP contribution in [0.15, 0.2) is 97.2 Å². The number of rotatable bonds is 68. The van der Waals surface area contributed by atoms with Crippen molar-refractivity contribution in [3.05, 3.63) is 97.2 Å². The first kappa shape index (κ1) is 97.9. The molecule has 3 fully saturated rings. The third-order valence-corrected chi connectivity index (χ3v) is 20.9. The molecule has 3 aliphatic heterocycles. The Morgan fingerprint density at radius 3 is 1.01 bits per heavy atom. The minimum atomic E-state index is -1.98. The first-order valence-electron chi connectivity index (χ1n) is 43.0. The highest BCUT2D eigenvalue weighted by molar-refractivity contribution is 5.76. The molecule has 17 atom stereocenters. The summed E-state index contributed by atoms with van der Waals surface area (Å²) in [7, 11) is 0. The second-order valence-electron chi connectivity index (χ2n) is 30.3. The van der Waals surface area contributed by atoms with Crippen molar-refractivity contribution in [2.75, 3.05) is 26.4 Å². The summed E-state index contributed by atoms with van der Waals surface area (Å²) in [4.78, 5) is 13.5.